The van der Waals surface area contributed by atoms with Crippen LogP contribution in [0.15, 0.2) is 18.3 Å². The standard InChI is InChI=1S/C25H41N3O2/c1-5-6-17-27-18-11-10-14-22(27)20-15-16-23(26-19-20)28(21-12-8-7-9-13-21)24(29)30-25(2,3)4/h15-16,19,21-22H,5-14,17-18H2,1-4H3/t22-/m1/s1. The number of piperidine rings is 1. The highest BCUT2D eigenvalue weighted by atomic mass is 16.6. The molecule has 1 aromatic heterocycles. The number of anilines is 1. The van der Waals surface area contributed by atoms with E-state index in [-0.39, 0.29) is 12.1 Å². The molecule has 168 valence electrons. The van der Waals surface area contributed by atoms with Crippen molar-refractivity contribution in [2.45, 2.75) is 110 Å². The molecular weight excluding hydrogens is 374 g/mol. The van der Waals surface area contributed by atoms with Gasteiger partial charge in [-0.1, -0.05) is 45.1 Å². The van der Waals surface area contributed by atoms with E-state index in [4.69, 9.17) is 9.72 Å². The maximum atomic E-state index is 13.1. The fraction of sp³-hybridized carbons (Fsp3) is 0.760. The van der Waals surface area contributed by atoms with Crippen molar-refractivity contribution in [3.63, 3.8) is 0 Å². The lowest BCUT2D eigenvalue weighted by Gasteiger charge is -2.37. The largest absolute Gasteiger partial charge is 0.443 e. The lowest BCUT2D eigenvalue weighted by molar-refractivity contribution is 0.0556. The first-order chi connectivity index (χ1) is 14.4. The summed E-state index contributed by atoms with van der Waals surface area (Å²) in [6.45, 7) is 10.4. The molecule has 0 aromatic carbocycles. The number of carbonyl (C=O) groups excluding carboxylic acids is 1. The van der Waals surface area contributed by atoms with E-state index in [0.717, 1.165) is 38.0 Å². The van der Waals surface area contributed by atoms with Crippen LogP contribution in [0.2, 0.25) is 0 Å². The highest BCUT2D eigenvalue weighted by Gasteiger charge is 2.32. The minimum absolute atomic E-state index is 0.183. The van der Waals surface area contributed by atoms with Gasteiger partial charge in [-0.05, 0) is 77.6 Å². The van der Waals surface area contributed by atoms with Gasteiger partial charge in [0.1, 0.15) is 11.4 Å². The van der Waals surface area contributed by atoms with Crippen LogP contribution >= 0.6 is 0 Å². The molecule has 1 atom stereocenters. The Kier molecular flexibility index (Phi) is 8.15. The van der Waals surface area contributed by atoms with Crippen molar-refractivity contribution in [3.8, 4) is 0 Å². The quantitative estimate of drug-likeness (QED) is 0.533. The summed E-state index contributed by atoms with van der Waals surface area (Å²) >= 11 is 0. The summed E-state index contributed by atoms with van der Waals surface area (Å²) in [7, 11) is 0. The van der Waals surface area contributed by atoms with Crippen LogP contribution in [0.3, 0.4) is 0 Å². The van der Waals surface area contributed by atoms with Crippen LogP contribution in [0.4, 0.5) is 10.6 Å². The van der Waals surface area contributed by atoms with Crippen LogP contribution in [-0.4, -0.2) is 40.7 Å². The molecule has 3 rings (SSSR count). The van der Waals surface area contributed by atoms with E-state index in [1.165, 1.54) is 50.6 Å². The summed E-state index contributed by atoms with van der Waals surface area (Å²) in [6, 6.07) is 4.87. The smallest absolute Gasteiger partial charge is 0.416 e. The Morgan fingerprint density at radius 3 is 2.50 bits per heavy atom. The average Bonchev–Trinajstić information content (AvgIpc) is 2.73. The van der Waals surface area contributed by atoms with Crippen molar-refractivity contribution in [2.24, 2.45) is 0 Å². The molecule has 0 N–H and O–H groups in total. The predicted octanol–water partition coefficient (Wildman–Crippen LogP) is 6.48. The minimum atomic E-state index is -0.508. The van der Waals surface area contributed by atoms with E-state index in [1.807, 2.05) is 37.9 Å². The first kappa shape index (κ1) is 23.1. The molecule has 30 heavy (non-hydrogen) atoms. The number of aromatic nitrogens is 1. The lowest BCUT2D eigenvalue weighted by Crippen LogP contribution is -2.45. The van der Waals surface area contributed by atoms with Gasteiger partial charge in [-0.25, -0.2) is 9.78 Å². The third-order valence-corrected chi connectivity index (χ3v) is 6.34. The van der Waals surface area contributed by atoms with Crippen LogP contribution in [0.1, 0.15) is 104 Å². The third-order valence-electron chi connectivity index (χ3n) is 6.34. The zero-order valence-corrected chi connectivity index (χ0v) is 19.5. The molecule has 0 unspecified atom stereocenters. The van der Waals surface area contributed by atoms with Gasteiger partial charge in [0, 0.05) is 18.3 Å². The molecule has 2 fully saturated rings. The van der Waals surface area contributed by atoms with Gasteiger partial charge in [0.05, 0.1) is 0 Å². The molecule has 1 aromatic rings. The summed E-state index contributed by atoms with van der Waals surface area (Å²) < 4.78 is 5.75. The number of nitrogens with zero attached hydrogens (tertiary/aromatic N) is 3. The van der Waals surface area contributed by atoms with E-state index < -0.39 is 5.60 Å². The highest BCUT2D eigenvalue weighted by Crippen LogP contribution is 2.33. The van der Waals surface area contributed by atoms with Crippen molar-refractivity contribution in [3.05, 3.63) is 23.9 Å². The number of carbonyl (C=O) groups is 1. The van der Waals surface area contributed by atoms with E-state index in [0.29, 0.717) is 6.04 Å². The van der Waals surface area contributed by atoms with Gasteiger partial charge in [0.25, 0.3) is 0 Å². The molecule has 1 amide bonds. The molecule has 2 heterocycles. The maximum Gasteiger partial charge on any atom is 0.416 e. The van der Waals surface area contributed by atoms with Gasteiger partial charge in [0.15, 0.2) is 0 Å². The third kappa shape index (κ3) is 6.19. The molecule has 5 heteroatoms. The van der Waals surface area contributed by atoms with E-state index in [1.54, 1.807) is 0 Å². The molecule has 1 aliphatic heterocycles. The summed E-state index contributed by atoms with van der Waals surface area (Å²) in [5, 5.41) is 0. The Labute approximate surface area is 183 Å². The van der Waals surface area contributed by atoms with E-state index in [2.05, 4.69) is 17.9 Å². The summed E-state index contributed by atoms with van der Waals surface area (Å²) in [5.41, 5.74) is 0.772. The van der Waals surface area contributed by atoms with Gasteiger partial charge >= 0.3 is 6.09 Å². The molecule has 1 aliphatic carbocycles. The molecule has 0 bridgehead atoms. The molecule has 0 radical (unpaired) electrons. The number of unbranched alkanes of at least 4 members (excludes halogenated alkanes) is 1. The molecule has 0 spiro atoms. The molecule has 5 nitrogen and oxygen atoms in total. The number of amides is 1. The second-order valence-electron chi connectivity index (χ2n) is 9.99. The van der Waals surface area contributed by atoms with Crippen molar-refractivity contribution >= 4 is 11.9 Å². The van der Waals surface area contributed by atoms with Gasteiger partial charge < -0.3 is 4.74 Å². The van der Waals surface area contributed by atoms with Gasteiger partial charge in [0.2, 0.25) is 0 Å². The van der Waals surface area contributed by atoms with Crippen LogP contribution in [0.25, 0.3) is 0 Å². The Morgan fingerprint density at radius 2 is 1.87 bits per heavy atom. The highest BCUT2D eigenvalue weighted by molar-refractivity contribution is 5.87. The second kappa shape index (κ2) is 10.6. The van der Waals surface area contributed by atoms with Crippen molar-refractivity contribution in [1.29, 1.82) is 0 Å². The van der Waals surface area contributed by atoms with Crippen molar-refractivity contribution in [2.75, 3.05) is 18.0 Å². The predicted molar refractivity (Wildman–Crippen MR) is 123 cm³/mol. The number of pyridine rings is 1. The second-order valence-corrected chi connectivity index (χ2v) is 9.99. The van der Waals surface area contributed by atoms with Crippen molar-refractivity contribution in [1.82, 2.24) is 9.88 Å². The summed E-state index contributed by atoms with van der Waals surface area (Å²) in [4.78, 5) is 22.3. The Morgan fingerprint density at radius 1 is 1.13 bits per heavy atom. The molecular formula is C25H41N3O2. The fourth-order valence-electron chi connectivity index (χ4n) is 4.81. The van der Waals surface area contributed by atoms with Crippen LogP contribution in [0, 0.1) is 0 Å². The van der Waals surface area contributed by atoms with Gasteiger partial charge in [-0.15, -0.1) is 0 Å². The maximum absolute atomic E-state index is 13.1. The van der Waals surface area contributed by atoms with E-state index >= 15 is 0 Å². The van der Waals surface area contributed by atoms with Crippen LogP contribution in [0.5, 0.6) is 0 Å². The molecule has 2 aliphatic rings. The fourth-order valence-corrected chi connectivity index (χ4v) is 4.81. The normalized spacial score (nSPS) is 21.4. The minimum Gasteiger partial charge on any atom is -0.443 e. The molecule has 1 saturated carbocycles. The number of ether oxygens (including phenoxy) is 1. The Balaban J connectivity index is 1.79. The van der Waals surface area contributed by atoms with Crippen LogP contribution in [-0.2, 0) is 4.74 Å². The monoisotopic (exact) mass is 415 g/mol. The Hall–Kier alpha value is -1.62. The SMILES string of the molecule is CCCCN1CCCC[C@@H]1c1ccc(N(C(=O)OC(C)(C)C)C2CCCCC2)nc1. The number of likely N-dealkylation sites (tertiary alicyclic amines) is 1. The average molecular weight is 416 g/mol. The number of rotatable bonds is 6. The Bertz CT molecular complexity index is 662. The number of hydrogen-bond acceptors (Lipinski definition) is 4. The first-order valence-corrected chi connectivity index (χ1v) is 12.1. The number of hydrogen-bond donors (Lipinski definition) is 0. The summed E-state index contributed by atoms with van der Waals surface area (Å²) in [6.07, 6.45) is 13.6. The topological polar surface area (TPSA) is 45.7 Å². The zero-order valence-electron chi connectivity index (χ0n) is 19.5. The van der Waals surface area contributed by atoms with Crippen LogP contribution < -0.4 is 4.90 Å². The van der Waals surface area contributed by atoms with Crippen molar-refractivity contribution < 1.29 is 9.53 Å². The van der Waals surface area contributed by atoms with Gasteiger partial charge in [-0.3, -0.25) is 9.80 Å². The van der Waals surface area contributed by atoms with E-state index in [9.17, 15) is 4.79 Å². The lowest BCUT2D eigenvalue weighted by atomic mass is 9.94. The molecule has 1 saturated heterocycles. The zero-order chi connectivity index (χ0) is 21.6. The summed E-state index contributed by atoms with van der Waals surface area (Å²) in [5.74, 6) is 0.732. The van der Waals surface area contributed by atoms with Gasteiger partial charge in [-0.2, -0.15) is 0 Å². The first-order valence-electron chi connectivity index (χ1n) is 12.1.